The molecule has 0 amide bonds. The van der Waals surface area contributed by atoms with Gasteiger partial charge in [0, 0.05) is 73.7 Å². The summed E-state index contributed by atoms with van der Waals surface area (Å²) in [6.07, 6.45) is 7.99. The number of fused-ring (bicyclic) bond motifs is 1. The number of hydrogen-bond acceptors (Lipinski definition) is 6. The van der Waals surface area contributed by atoms with Crippen LogP contribution < -0.4 is 15.0 Å². The average Bonchev–Trinajstić information content (AvgIpc) is 3.36. The van der Waals surface area contributed by atoms with Crippen molar-refractivity contribution < 1.29 is 9.47 Å². The van der Waals surface area contributed by atoms with Crippen LogP contribution in [-0.4, -0.2) is 63.1 Å². The Hall–Kier alpha value is -3.38. The first kappa shape index (κ1) is 26.2. The molecule has 8 heteroatoms. The maximum atomic E-state index is 6.27. The Balaban J connectivity index is 1.39. The largest absolute Gasteiger partial charge is 0.492 e. The fourth-order valence-corrected chi connectivity index (χ4v) is 5.17. The van der Waals surface area contributed by atoms with Gasteiger partial charge < -0.3 is 19.7 Å². The van der Waals surface area contributed by atoms with E-state index in [2.05, 4.69) is 87.8 Å². The van der Waals surface area contributed by atoms with E-state index in [1.165, 1.54) is 0 Å². The minimum atomic E-state index is -1.44. The number of aryl methyl sites for hydroxylation is 1. The summed E-state index contributed by atoms with van der Waals surface area (Å²) in [4.78, 5) is 6.91. The molecule has 0 saturated carbocycles. The minimum absolute atomic E-state index is 0.507. The third kappa shape index (κ3) is 6.73. The van der Waals surface area contributed by atoms with E-state index < -0.39 is 8.07 Å². The van der Waals surface area contributed by atoms with Crippen LogP contribution in [0.4, 0.5) is 11.4 Å². The molecule has 1 aromatic heterocycles. The van der Waals surface area contributed by atoms with Gasteiger partial charge in [0.05, 0.1) is 11.9 Å². The summed E-state index contributed by atoms with van der Waals surface area (Å²) in [5.41, 5.74) is 9.85. The van der Waals surface area contributed by atoms with Gasteiger partial charge in [-0.25, -0.2) is 0 Å². The molecule has 0 aliphatic carbocycles. The molecule has 0 spiro atoms. The molecule has 0 unspecified atom stereocenters. The summed E-state index contributed by atoms with van der Waals surface area (Å²) in [6, 6.07) is 13.3. The Morgan fingerprint density at radius 1 is 1.11 bits per heavy atom. The van der Waals surface area contributed by atoms with Crippen molar-refractivity contribution >= 4 is 25.7 Å². The van der Waals surface area contributed by atoms with Crippen molar-refractivity contribution in [1.29, 1.82) is 0 Å². The third-order valence-corrected chi connectivity index (χ3v) is 7.49. The molecule has 2 aliphatic rings. The number of nitrogens with zero attached hydrogens (tertiary/aromatic N) is 4. The third-order valence-electron chi connectivity index (χ3n) is 6.62. The van der Waals surface area contributed by atoms with Gasteiger partial charge in [-0.2, -0.15) is 5.10 Å². The molecule has 7 nitrogen and oxygen atoms in total. The highest BCUT2D eigenvalue weighted by atomic mass is 28.3. The number of benzene rings is 2. The lowest BCUT2D eigenvalue weighted by atomic mass is 10.0. The van der Waals surface area contributed by atoms with Crippen LogP contribution in [0.2, 0.25) is 19.6 Å². The van der Waals surface area contributed by atoms with Gasteiger partial charge in [-0.15, -0.1) is 5.54 Å². The van der Waals surface area contributed by atoms with Crippen LogP contribution in [0.5, 0.6) is 5.75 Å². The molecule has 0 bridgehead atoms. The lowest BCUT2D eigenvalue weighted by Gasteiger charge is -2.28. The van der Waals surface area contributed by atoms with Crippen molar-refractivity contribution in [3.8, 4) is 28.3 Å². The van der Waals surface area contributed by atoms with Crippen molar-refractivity contribution in [2.75, 3.05) is 37.9 Å². The summed E-state index contributed by atoms with van der Waals surface area (Å²) in [7, 11) is 0.491. The van der Waals surface area contributed by atoms with Gasteiger partial charge >= 0.3 is 0 Å². The van der Waals surface area contributed by atoms with Crippen molar-refractivity contribution in [1.82, 2.24) is 15.1 Å². The maximum Gasteiger partial charge on any atom is 0.129 e. The van der Waals surface area contributed by atoms with Crippen LogP contribution in [0.15, 0.2) is 53.8 Å². The van der Waals surface area contributed by atoms with E-state index >= 15 is 0 Å². The van der Waals surface area contributed by atoms with Gasteiger partial charge in [0.15, 0.2) is 0 Å². The fourth-order valence-electron chi connectivity index (χ4n) is 4.65. The highest BCUT2D eigenvalue weighted by molar-refractivity contribution is 6.83. The van der Waals surface area contributed by atoms with E-state index in [0.717, 1.165) is 72.0 Å². The number of hydrogen-bond donors (Lipinski definition) is 1. The second-order valence-electron chi connectivity index (χ2n) is 11.0. The molecule has 38 heavy (non-hydrogen) atoms. The standard InChI is InChI=1S/C30H37N5O2Si/c1-34-21-26(20-33-34)24-16-28(18-29(17-24)37-13-10-32-27-7-11-36-12-8-27)35-22-31-19-25-15-23(5-6-30(25)35)9-14-38(2,3)4/h5-6,15-21,27,32H,7-8,10-13,22H2,1-4H3. The first-order chi connectivity index (χ1) is 18.3. The fraction of sp³-hybridized carbons (Fsp3) is 0.400. The van der Waals surface area contributed by atoms with Crippen LogP contribution in [-0.2, 0) is 11.8 Å². The normalized spacial score (nSPS) is 15.6. The predicted molar refractivity (Wildman–Crippen MR) is 157 cm³/mol. The second-order valence-corrected chi connectivity index (χ2v) is 15.7. The zero-order valence-corrected chi connectivity index (χ0v) is 23.8. The van der Waals surface area contributed by atoms with Crippen LogP contribution in [0.3, 0.4) is 0 Å². The summed E-state index contributed by atoms with van der Waals surface area (Å²) in [5.74, 6) is 4.21. The lowest BCUT2D eigenvalue weighted by molar-refractivity contribution is 0.0770. The van der Waals surface area contributed by atoms with E-state index in [9.17, 15) is 0 Å². The van der Waals surface area contributed by atoms with Crippen molar-refractivity contribution in [3.05, 3.63) is 59.9 Å². The first-order valence-corrected chi connectivity index (χ1v) is 16.9. The molecule has 5 rings (SSSR count). The van der Waals surface area contributed by atoms with Crippen molar-refractivity contribution in [2.45, 2.75) is 38.5 Å². The number of nitrogens with one attached hydrogen (secondary N) is 1. The Labute approximate surface area is 226 Å². The van der Waals surface area contributed by atoms with Gasteiger partial charge in [0.25, 0.3) is 0 Å². The van der Waals surface area contributed by atoms with Gasteiger partial charge in [0.1, 0.15) is 27.1 Å². The summed E-state index contributed by atoms with van der Waals surface area (Å²) < 4.78 is 13.6. The SMILES string of the molecule is Cn1cc(-c2cc(OCCNC3CCOCC3)cc(N3CN=Cc4cc(C#C[Si](C)(C)C)ccc43)c2)cn1. The summed E-state index contributed by atoms with van der Waals surface area (Å²) in [6.45, 7) is 10.4. The van der Waals surface area contributed by atoms with Gasteiger partial charge in [0.2, 0.25) is 0 Å². The molecule has 2 aromatic carbocycles. The highest BCUT2D eigenvalue weighted by Crippen LogP contribution is 2.36. The van der Waals surface area contributed by atoms with Crippen LogP contribution in [0.25, 0.3) is 11.1 Å². The Bertz CT molecular complexity index is 1360. The number of ether oxygens (including phenoxy) is 2. The monoisotopic (exact) mass is 527 g/mol. The molecule has 3 aromatic rings. The van der Waals surface area contributed by atoms with Crippen LogP contribution in [0.1, 0.15) is 24.0 Å². The lowest BCUT2D eigenvalue weighted by Crippen LogP contribution is -2.37. The molecule has 3 heterocycles. The molecular formula is C30H37N5O2Si. The number of anilines is 2. The molecule has 2 aliphatic heterocycles. The van der Waals surface area contributed by atoms with E-state index in [1.54, 1.807) is 0 Å². The zero-order valence-electron chi connectivity index (χ0n) is 22.8. The molecule has 1 N–H and O–H groups in total. The number of rotatable bonds is 7. The van der Waals surface area contributed by atoms with E-state index in [-0.39, 0.29) is 0 Å². The predicted octanol–water partition coefficient (Wildman–Crippen LogP) is 4.99. The van der Waals surface area contributed by atoms with E-state index in [1.807, 2.05) is 30.3 Å². The Kier molecular flexibility index (Phi) is 7.98. The maximum absolute atomic E-state index is 6.27. The van der Waals surface area contributed by atoms with E-state index in [0.29, 0.717) is 19.3 Å². The smallest absolute Gasteiger partial charge is 0.129 e. The molecule has 1 saturated heterocycles. The Morgan fingerprint density at radius 3 is 2.71 bits per heavy atom. The minimum Gasteiger partial charge on any atom is -0.492 e. The van der Waals surface area contributed by atoms with Crippen molar-refractivity contribution in [3.63, 3.8) is 0 Å². The highest BCUT2D eigenvalue weighted by Gasteiger charge is 2.19. The quantitative estimate of drug-likeness (QED) is 0.266. The van der Waals surface area contributed by atoms with Gasteiger partial charge in [-0.1, -0.05) is 25.6 Å². The summed E-state index contributed by atoms with van der Waals surface area (Å²) >= 11 is 0. The van der Waals surface area contributed by atoms with Gasteiger partial charge in [-0.05, 0) is 48.7 Å². The van der Waals surface area contributed by atoms with Crippen LogP contribution in [0, 0.1) is 11.5 Å². The zero-order chi connectivity index (χ0) is 26.5. The second kappa shape index (κ2) is 11.6. The first-order valence-electron chi connectivity index (χ1n) is 13.4. The van der Waals surface area contributed by atoms with Crippen molar-refractivity contribution in [2.24, 2.45) is 12.0 Å². The van der Waals surface area contributed by atoms with E-state index in [4.69, 9.17) is 9.47 Å². The van der Waals surface area contributed by atoms with Crippen LogP contribution >= 0.6 is 0 Å². The summed E-state index contributed by atoms with van der Waals surface area (Å²) in [5, 5.41) is 7.98. The molecule has 0 atom stereocenters. The number of aliphatic imine (C=N–C) groups is 1. The van der Waals surface area contributed by atoms with Gasteiger partial charge in [-0.3, -0.25) is 9.67 Å². The molecular weight excluding hydrogens is 490 g/mol. The molecule has 1 fully saturated rings. The average molecular weight is 528 g/mol. The topological polar surface area (TPSA) is 63.9 Å². The molecule has 198 valence electrons. The Morgan fingerprint density at radius 2 is 1.95 bits per heavy atom. The number of aromatic nitrogens is 2. The molecule has 0 radical (unpaired) electrons.